The lowest BCUT2D eigenvalue weighted by Gasteiger charge is -2.50. The fourth-order valence-electron chi connectivity index (χ4n) is 6.76. The standard InChI is InChI=1S/C26H23NO2/c1-3-8-17(9-4-1)23-19-14-15-20(16-19)26-25(23,21-12-7-13-22(21)28-26)27-24(29-26)18-10-5-2-6-11-18/h1-11,13-15,19-23H,12,16H2/t19-,20+,21+,22-,23-,25-,26+/m1/s1. The molecule has 0 radical (unpaired) electrons. The van der Waals surface area contributed by atoms with Gasteiger partial charge in [0.1, 0.15) is 5.54 Å². The molecule has 5 aliphatic rings. The molecule has 2 bridgehead atoms. The molecule has 7 atom stereocenters. The second-order valence-electron chi connectivity index (χ2n) is 9.01. The quantitative estimate of drug-likeness (QED) is 0.696. The van der Waals surface area contributed by atoms with E-state index in [0.717, 1.165) is 24.3 Å². The Kier molecular flexibility index (Phi) is 3.06. The third-order valence-corrected chi connectivity index (χ3v) is 7.77. The van der Waals surface area contributed by atoms with Crippen LogP contribution in [0.3, 0.4) is 0 Å². The molecule has 2 aromatic rings. The van der Waals surface area contributed by atoms with Gasteiger partial charge in [-0.25, -0.2) is 4.99 Å². The maximum Gasteiger partial charge on any atom is 0.245 e. The smallest absolute Gasteiger partial charge is 0.245 e. The molecule has 2 heterocycles. The van der Waals surface area contributed by atoms with E-state index in [1.807, 2.05) is 6.07 Å². The highest BCUT2D eigenvalue weighted by Crippen LogP contribution is 2.70. The van der Waals surface area contributed by atoms with Crippen molar-refractivity contribution in [3.8, 4) is 0 Å². The zero-order valence-corrected chi connectivity index (χ0v) is 16.1. The average molecular weight is 381 g/mol. The summed E-state index contributed by atoms with van der Waals surface area (Å²) in [5, 5.41) is 0. The van der Waals surface area contributed by atoms with Crippen molar-refractivity contribution >= 4 is 5.90 Å². The average Bonchev–Trinajstić information content (AvgIpc) is 3.51. The number of benzene rings is 2. The van der Waals surface area contributed by atoms with Crippen molar-refractivity contribution in [1.29, 1.82) is 0 Å². The number of nitrogens with zero attached hydrogens (tertiary/aromatic N) is 1. The lowest BCUT2D eigenvalue weighted by Crippen LogP contribution is -2.62. The number of hydrogen-bond acceptors (Lipinski definition) is 3. The molecule has 0 N–H and O–H groups in total. The van der Waals surface area contributed by atoms with Gasteiger partial charge >= 0.3 is 0 Å². The Bertz CT molecular complexity index is 1060. The minimum absolute atomic E-state index is 0.0926. The van der Waals surface area contributed by atoms with Crippen molar-refractivity contribution in [2.75, 3.05) is 0 Å². The summed E-state index contributed by atoms with van der Waals surface area (Å²) in [6, 6.07) is 21.3. The van der Waals surface area contributed by atoms with Crippen LogP contribution in [0.2, 0.25) is 0 Å². The highest BCUT2D eigenvalue weighted by Gasteiger charge is 2.79. The predicted molar refractivity (Wildman–Crippen MR) is 112 cm³/mol. The van der Waals surface area contributed by atoms with E-state index in [0.29, 0.717) is 11.8 Å². The first kappa shape index (κ1) is 16.2. The minimum atomic E-state index is -0.706. The molecular formula is C26H23NO2. The Morgan fingerprint density at radius 1 is 0.897 bits per heavy atom. The summed E-state index contributed by atoms with van der Waals surface area (Å²) < 4.78 is 13.7. The molecule has 2 aliphatic heterocycles. The molecule has 144 valence electrons. The normalized spacial score (nSPS) is 42.9. The lowest BCUT2D eigenvalue weighted by molar-refractivity contribution is -0.227. The molecule has 7 rings (SSSR count). The van der Waals surface area contributed by atoms with Crippen LogP contribution in [0.15, 0.2) is 90.0 Å². The zero-order chi connectivity index (χ0) is 19.1. The number of allylic oxidation sites excluding steroid dienone is 2. The minimum Gasteiger partial charge on any atom is -0.442 e. The van der Waals surface area contributed by atoms with E-state index in [4.69, 9.17) is 14.5 Å². The van der Waals surface area contributed by atoms with Crippen LogP contribution in [0.4, 0.5) is 0 Å². The van der Waals surface area contributed by atoms with E-state index in [-0.39, 0.29) is 17.9 Å². The van der Waals surface area contributed by atoms with Gasteiger partial charge in [-0.05, 0) is 36.5 Å². The fourth-order valence-corrected chi connectivity index (χ4v) is 6.76. The lowest BCUT2D eigenvalue weighted by atomic mass is 9.57. The van der Waals surface area contributed by atoms with E-state index < -0.39 is 11.3 Å². The summed E-state index contributed by atoms with van der Waals surface area (Å²) in [5.74, 6) is 1.34. The second kappa shape index (κ2) is 5.48. The van der Waals surface area contributed by atoms with Crippen molar-refractivity contribution in [2.45, 2.75) is 36.2 Å². The van der Waals surface area contributed by atoms with Crippen molar-refractivity contribution in [2.24, 2.45) is 22.7 Å². The monoisotopic (exact) mass is 381 g/mol. The Morgan fingerprint density at radius 2 is 1.69 bits per heavy atom. The Balaban J connectivity index is 1.50. The number of hydrogen-bond donors (Lipinski definition) is 0. The van der Waals surface area contributed by atoms with Crippen LogP contribution in [0.25, 0.3) is 0 Å². The van der Waals surface area contributed by atoms with Crippen LogP contribution >= 0.6 is 0 Å². The van der Waals surface area contributed by atoms with E-state index >= 15 is 0 Å². The first-order chi connectivity index (χ1) is 14.3. The van der Waals surface area contributed by atoms with Gasteiger partial charge in [0.25, 0.3) is 0 Å². The van der Waals surface area contributed by atoms with E-state index in [2.05, 4.69) is 78.9 Å². The summed E-state index contributed by atoms with van der Waals surface area (Å²) in [7, 11) is 0. The van der Waals surface area contributed by atoms with Gasteiger partial charge < -0.3 is 9.47 Å². The maximum atomic E-state index is 6.85. The molecule has 1 saturated heterocycles. The van der Waals surface area contributed by atoms with Crippen LogP contribution in [-0.2, 0) is 9.47 Å². The maximum absolute atomic E-state index is 6.85. The third-order valence-electron chi connectivity index (χ3n) is 7.77. The number of fused-ring (bicyclic) bond motifs is 3. The van der Waals surface area contributed by atoms with E-state index in [1.54, 1.807) is 0 Å². The van der Waals surface area contributed by atoms with Crippen LogP contribution in [0, 0.1) is 17.8 Å². The molecule has 1 saturated carbocycles. The summed E-state index contributed by atoms with van der Waals surface area (Å²) in [4.78, 5) is 5.50. The largest absolute Gasteiger partial charge is 0.442 e. The molecule has 0 aromatic heterocycles. The van der Waals surface area contributed by atoms with Crippen molar-refractivity contribution in [3.05, 3.63) is 96.1 Å². The number of ether oxygens (including phenoxy) is 2. The summed E-state index contributed by atoms with van der Waals surface area (Å²) in [6.45, 7) is 0. The molecule has 3 aliphatic carbocycles. The van der Waals surface area contributed by atoms with Crippen LogP contribution < -0.4 is 0 Å². The second-order valence-corrected chi connectivity index (χ2v) is 9.01. The van der Waals surface area contributed by atoms with E-state index in [1.165, 1.54) is 5.56 Å². The molecule has 3 heteroatoms. The summed E-state index contributed by atoms with van der Waals surface area (Å²) >= 11 is 0. The summed E-state index contributed by atoms with van der Waals surface area (Å²) in [5.41, 5.74) is 2.00. The first-order valence-electron chi connectivity index (χ1n) is 10.7. The van der Waals surface area contributed by atoms with Gasteiger partial charge in [-0.1, -0.05) is 72.8 Å². The van der Waals surface area contributed by atoms with Crippen molar-refractivity contribution in [1.82, 2.24) is 0 Å². The first-order valence-corrected chi connectivity index (χ1v) is 10.7. The molecule has 0 amide bonds. The van der Waals surface area contributed by atoms with Crippen molar-refractivity contribution < 1.29 is 9.47 Å². The highest BCUT2D eigenvalue weighted by atomic mass is 16.7. The Morgan fingerprint density at radius 3 is 2.52 bits per heavy atom. The molecule has 2 aromatic carbocycles. The number of rotatable bonds is 2. The van der Waals surface area contributed by atoms with Crippen molar-refractivity contribution in [3.63, 3.8) is 0 Å². The third kappa shape index (κ3) is 1.85. The molecule has 3 nitrogen and oxygen atoms in total. The Hall–Kier alpha value is -2.65. The molecule has 0 spiro atoms. The molecule has 0 unspecified atom stereocenters. The Labute approximate surface area is 170 Å². The SMILES string of the molecule is C1=C[C@H]2O[C@@]34OC(c5ccccc5)=N[C@@]3([C@H](c3ccccc3)[C@@H]3C=C[C@H]4C3)[C@H]2C1. The number of aliphatic imine (C=N–C) groups is 1. The van der Waals surface area contributed by atoms with Crippen LogP contribution in [0.5, 0.6) is 0 Å². The molecular weight excluding hydrogens is 358 g/mol. The van der Waals surface area contributed by atoms with Gasteiger partial charge in [0, 0.05) is 23.3 Å². The van der Waals surface area contributed by atoms with Gasteiger partial charge in [0.15, 0.2) is 0 Å². The topological polar surface area (TPSA) is 30.8 Å². The van der Waals surface area contributed by atoms with Crippen LogP contribution in [0.1, 0.15) is 29.9 Å². The predicted octanol–water partition coefficient (Wildman–Crippen LogP) is 4.86. The molecule has 2 fully saturated rings. The summed E-state index contributed by atoms with van der Waals surface area (Å²) in [6.07, 6.45) is 11.4. The fraction of sp³-hybridized carbons (Fsp3) is 0.346. The van der Waals surface area contributed by atoms with Gasteiger partial charge in [0.2, 0.25) is 11.7 Å². The molecule has 29 heavy (non-hydrogen) atoms. The van der Waals surface area contributed by atoms with Gasteiger partial charge in [-0.2, -0.15) is 0 Å². The van der Waals surface area contributed by atoms with Gasteiger partial charge in [-0.15, -0.1) is 0 Å². The zero-order valence-electron chi connectivity index (χ0n) is 16.1. The highest BCUT2D eigenvalue weighted by molar-refractivity contribution is 5.96. The van der Waals surface area contributed by atoms with Gasteiger partial charge in [0.05, 0.1) is 6.10 Å². The van der Waals surface area contributed by atoms with E-state index in [9.17, 15) is 0 Å². The van der Waals surface area contributed by atoms with Gasteiger partial charge in [-0.3, -0.25) is 0 Å². The van der Waals surface area contributed by atoms with Crippen LogP contribution in [-0.4, -0.2) is 23.3 Å².